The maximum atomic E-state index is 2.39. The Hall–Kier alpha value is -1.56. The molecule has 0 N–H and O–H groups in total. The highest BCUT2D eigenvalue weighted by Gasteiger charge is 2.34. The van der Waals surface area contributed by atoms with Gasteiger partial charge in [-0.25, -0.2) is 0 Å². The van der Waals surface area contributed by atoms with E-state index in [0.29, 0.717) is 0 Å². The lowest BCUT2D eigenvalue weighted by atomic mass is 10.1. The number of allylic oxidation sites excluding steroid dienone is 5. The van der Waals surface area contributed by atoms with Crippen LogP contribution in [0.15, 0.2) is 60.2 Å². The zero-order valence-electron chi connectivity index (χ0n) is 17.3. The Morgan fingerprint density at radius 3 is 1.88 bits per heavy atom. The Kier molecular flexibility index (Phi) is 18.3. The van der Waals surface area contributed by atoms with E-state index in [4.69, 9.17) is 0 Å². The van der Waals surface area contributed by atoms with Crippen LogP contribution in [0.3, 0.4) is 0 Å². The molecule has 2 aliphatic rings. The van der Waals surface area contributed by atoms with Gasteiger partial charge in [-0.15, -0.1) is 0 Å². The van der Waals surface area contributed by atoms with Crippen LogP contribution in [0.2, 0.25) is 0 Å². The molecule has 0 nitrogen and oxygen atoms in total. The van der Waals surface area contributed by atoms with Crippen molar-refractivity contribution in [2.24, 2.45) is 11.8 Å². The zero-order valence-corrected chi connectivity index (χ0v) is 17.3. The van der Waals surface area contributed by atoms with Gasteiger partial charge in [0, 0.05) is 0 Å². The lowest BCUT2D eigenvalue weighted by Crippen LogP contribution is -1.84. The minimum Gasteiger partial charge on any atom is -0.0802 e. The molecule has 2 aliphatic carbocycles. The zero-order chi connectivity index (χ0) is 18.8. The molecule has 1 aromatic carbocycles. The van der Waals surface area contributed by atoms with Crippen molar-refractivity contribution in [1.82, 2.24) is 0 Å². The number of hydrogen-bond donors (Lipinski definition) is 0. The molecule has 0 aromatic heterocycles. The van der Waals surface area contributed by atoms with Crippen LogP contribution in [0.5, 0.6) is 0 Å². The van der Waals surface area contributed by atoms with Crippen LogP contribution in [0.4, 0.5) is 0 Å². The van der Waals surface area contributed by atoms with Gasteiger partial charge in [0.05, 0.1) is 0 Å². The van der Waals surface area contributed by atoms with Gasteiger partial charge in [0.1, 0.15) is 0 Å². The van der Waals surface area contributed by atoms with Gasteiger partial charge in [-0.05, 0) is 29.4 Å². The smallest absolute Gasteiger partial charge is 0.0155 e. The summed E-state index contributed by atoms with van der Waals surface area (Å²) in [6.07, 6.45) is 14.0. The Balaban J connectivity index is 0. The predicted octanol–water partition coefficient (Wildman–Crippen LogP) is 8.33. The second kappa shape index (κ2) is 17.8. The Bertz CT molecular complexity index is 448. The molecule has 2 atom stereocenters. The minimum absolute atomic E-state index is 0.838. The predicted molar refractivity (Wildman–Crippen MR) is 114 cm³/mol. The standard InChI is InChI=1S/C15H14.C3H8.3C2H6/c1-2-4-12(5-3-1)6-7-13-8-9-14-11-15(14)10-13;1-3-2;3*1-2/h1-10,14-15H,11H2;3H2,1-2H3;3*1-2H3/b7-6+;;;;. The first-order valence-electron chi connectivity index (χ1n) is 9.96. The van der Waals surface area contributed by atoms with Crippen molar-refractivity contribution in [2.45, 2.75) is 68.2 Å². The van der Waals surface area contributed by atoms with Crippen molar-refractivity contribution < 1.29 is 0 Å². The van der Waals surface area contributed by atoms with E-state index >= 15 is 0 Å². The number of fused-ring (bicyclic) bond motifs is 1. The molecule has 3 rings (SSSR count). The van der Waals surface area contributed by atoms with E-state index in [1.54, 1.807) is 0 Å². The van der Waals surface area contributed by atoms with Gasteiger partial charge in [-0.1, -0.05) is 123 Å². The van der Waals surface area contributed by atoms with Crippen LogP contribution in [0.25, 0.3) is 6.08 Å². The van der Waals surface area contributed by atoms with E-state index in [0.717, 1.165) is 11.8 Å². The first-order valence-corrected chi connectivity index (χ1v) is 9.96. The second-order valence-electron chi connectivity index (χ2n) is 5.04. The molecule has 1 fully saturated rings. The van der Waals surface area contributed by atoms with Gasteiger partial charge in [-0.3, -0.25) is 0 Å². The first-order chi connectivity index (χ1) is 11.8. The Morgan fingerprint density at radius 2 is 1.38 bits per heavy atom. The van der Waals surface area contributed by atoms with E-state index in [2.05, 4.69) is 68.5 Å². The largest absolute Gasteiger partial charge is 0.0802 e. The molecule has 1 aromatic rings. The van der Waals surface area contributed by atoms with E-state index in [9.17, 15) is 0 Å². The molecule has 136 valence electrons. The van der Waals surface area contributed by atoms with Crippen LogP contribution < -0.4 is 0 Å². The molecule has 24 heavy (non-hydrogen) atoms. The van der Waals surface area contributed by atoms with Crippen molar-refractivity contribution >= 4 is 6.08 Å². The third-order valence-electron chi connectivity index (χ3n) is 3.10. The topological polar surface area (TPSA) is 0 Å². The highest BCUT2D eigenvalue weighted by Crippen LogP contribution is 2.44. The molecular weight excluding hydrogens is 288 g/mol. The van der Waals surface area contributed by atoms with E-state index < -0.39 is 0 Å². The van der Waals surface area contributed by atoms with Crippen LogP contribution in [-0.4, -0.2) is 0 Å². The Labute approximate surface area is 152 Å². The maximum absolute atomic E-state index is 2.39. The highest BCUT2D eigenvalue weighted by atomic mass is 14.4. The SMILES string of the molecule is C1=CC2CC2C=C1/C=C/c1ccccc1.CC.CC.CC.CCC. The normalized spacial score (nSPS) is 18.8. The summed E-state index contributed by atoms with van der Waals surface area (Å²) in [6.45, 7) is 16.2. The average molecular weight is 329 g/mol. The second-order valence-corrected chi connectivity index (χ2v) is 5.04. The van der Waals surface area contributed by atoms with Gasteiger partial charge in [-0.2, -0.15) is 0 Å². The molecule has 0 bridgehead atoms. The first kappa shape index (κ1) is 24.7. The van der Waals surface area contributed by atoms with Crippen molar-refractivity contribution in [3.63, 3.8) is 0 Å². The summed E-state index contributed by atoms with van der Waals surface area (Å²) in [5.41, 5.74) is 2.63. The average Bonchev–Trinajstić information content (AvgIpc) is 3.45. The number of hydrogen-bond acceptors (Lipinski definition) is 0. The summed E-state index contributed by atoms with van der Waals surface area (Å²) < 4.78 is 0. The van der Waals surface area contributed by atoms with Gasteiger partial charge in [0.2, 0.25) is 0 Å². The third-order valence-corrected chi connectivity index (χ3v) is 3.10. The minimum atomic E-state index is 0.838. The van der Waals surface area contributed by atoms with E-state index in [-0.39, 0.29) is 0 Å². The lowest BCUT2D eigenvalue weighted by molar-refractivity contribution is 0.971. The summed E-state index contributed by atoms with van der Waals surface area (Å²) >= 11 is 0. The number of rotatable bonds is 2. The molecule has 0 spiro atoms. The maximum Gasteiger partial charge on any atom is -0.0155 e. The van der Waals surface area contributed by atoms with Crippen molar-refractivity contribution in [3.8, 4) is 0 Å². The molecule has 0 saturated heterocycles. The van der Waals surface area contributed by atoms with Gasteiger partial charge >= 0.3 is 0 Å². The van der Waals surface area contributed by atoms with Gasteiger partial charge in [0.25, 0.3) is 0 Å². The van der Waals surface area contributed by atoms with Crippen LogP contribution in [-0.2, 0) is 0 Å². The third kappa shape index (κ3) is 11.0. The molecule has 0 amide bonds. The fourth-order valence-electron chi connectivity index (χ4n) is 2.05. The van der Waals surface area contributed by atoms with Gasteiger partial charge < -0.3 is 0 Å². The summed E-state index contributed by atoms with van der Waals surface area (Å²) in [5, 5.41) is 0. The fraction of sp³-hybridized carbons (Fsp3) is 0.500. The van der Waals surface area contributed by atoms with E-state index in [1.165, 1.54) is 24.0 Å². The van der Waals surface area contributed by atoms with Crippen LogP contribution in [0, 0.1) is 11.8 Å². The molecule has 0 radical (unpaired) electrons. The van der Waals surface area contributed by atoms with E-state index in [1.807, 2.05) is 47.6 Å². The van der Waals surface area contributed by atoms with Crippen molar-refractivity contribution in [3.05, 3.63) is 65.8 Å². The quantitative estimate of drug-likeness (QED) is 0.512. The summed E-state index contributed by atoms with van der Waals surface area (Å²) in [6, 6.07) is 10.4. The van der Waals surface area contributed by atoms with Crippen molar-refractivity contribution in [2.75, 3.05) is 0 Å². The lowest BCUT2D eigenvalue weighted by Gasteiger charge is -2.00. The molecule has 2 unspecified atom stereocenters. The summed E-state index contributed by atoms with van der Waals surface area (Å²) in [7, 11) is 0. The van der Waals surface area contributed by atoms with Gasteiger partial charge in [0.15, 0.2) is 0 Å². The molecule has 0 aliphatic heterocycles. The van der Waals surface area contributed by atoms with Crippen LogP contribution >= 0.6 is 0 Å². The molecule has 0 heterocycles. The van der Waals surface area contributed by atoms with Crippen LogP contribution in [0.1, 0.15) is 73.8 Å². The fourth-order valence-corrected chi connectivity index (χ4v) is 2.05. The Morgan fingerprint density at radius 1 is 0.833 bits per heavy atom. The monoisotopic (exact) mass is 328 g/mol. The molecular formula is C24H40. The summed E-state index contributed by atoms with van der Waals surface area (Å²) in [4.78, 5) is 0. The molecule has 0 heteroatoms. The van der Waals surface area contributed by atoms with Crippen molar-refractivity contribution in [1.29, 1.82) is 0 Å². The number of benzene rings is 1. The summed E-state index contributed by atoms with van der Waals surface area (Å²) in [5.74, 6) is 1.70. The highest BCUT2D eigenvalue weighted by molar-refractivity contribution is 5.55. The molecule has 1 saturated carbocycles.